The van der Waals surface area contributed by atoms with Gasteiger partial charge in [-0.3, -0.25) is 14.5 Å². The number of amides is 4. The van der Waals surface area contributed by atoms with Crippen molar-refractivity contribution >= 4 is 35.4 Å². The highest BCUT2D eigenvalue weighted by Crippen LogP contribution is 2.31. The lowest BCUT2D eigenvalue weighted by Crippen LogP contribution is -2.54. The van der Waals surface area contributed by atoms with E-state index in [1.807, 2.05) is 0 Å². The van der Waals surface area contributed by atoms with Gasteiger partial charge < -0.3 is 29.9 Å². The van der Waals surface area contributed by atoms with Crippen LogP contribution in [0.1, 0.15) is 17.3 Å². The van der Waals surface area contributed by atoms with E-state index in [9.17, 15) is 23.6 Å². The number of ether oxygens (including phenoxy) is 2. The minimum absolute atomic E-state index is 0.0377. The number of aromatic nitrogens is 1. The van der Waals surface area contributed by atoms with Crippen LogP contribution in [0.2, 0.25) is 0 Å². The summed E-state index contributed by atoms with van der Waals surface area (Å²) in [5.41, 5.74) is -0.648. The van der Waals surface area contributed by atoms with Crippen LogP contribution in [0.15, 0.2) is 30.5 Å². The Morgan fingerprint density at radius 2 is 1.82 bits per heavy atom. The van der Waals surface area contributed by atoms with E-state index in [2.05, 4.69) is 20.4 Å². The zero-order valence-electron chi connectivity index (χ0n) is 21.7. The molecular formula is C25H27F3N6O6. The SMILES string of the molecule is COC(=O)NCC1CN(c2cc(F)c(N3CCN(C(=O)C(C)NC(=O)c4cccnc4F)CC3)c(F)c2)C(=O)O1. The molecule has 40 heavy (non-hydrogen) atoms. The molecule has 2 N–H and O–H groups in total. The molecule has 0 saturated carbocycles. The number of piperazine rings is 1. The monoisotopic (exact) mass is 564 g/mol. The van der Waals surface area contributed by atoms with Gasteiger partial charge in [-0.2, -0.15) is 4.39 Å². The molecule has 4 rings (SSSR count). The number of anilines is 2. The molecule has 214 valence electrons. The third-order valence-electron chi connectivity index (χ3n) is 6.48. The van der Waals surface area contributed by atoms with Crippen LogP contribution in [-0.2, 0) is 14.3 Å². The molecule has 0 aliphatic carbocycles. The van der Waals surface area contributed by atoms with E-state index in [1.165, 1.54) is 42.2 Å². The molecule has 2 saturated heterocycles. The Bertz CT molecular complexity index is 1280. The molecule has 2 fully saturated rings. The Balaban J connectivity index is 1.35. The summed E-state index contributed by atoms with van der Waals surface area (Å²) in [6.07, 6.45) is -1.07. The summed E-state index contributed by atoms with van der Waals surface area (Å²) in [6, 6.07) is 3.70. The first-order valence-electron chi connectivity index (χ1n) is 12.3. The van der Waals surface area contributed by atoms with Crippen LogP contribution in [0.5, 0.6) is 0 Å². The maximum atomic E-state index is 15.1. The molecule has 0 bridgehead atoms. The van der Waals surface area contributed by atoms with Crippen molar-refractivity contribution in [3.05, 3.63) is 53.6 Å². The van der Waals surface area contributed by atoms with E-state index in [-0.39, 0.29) is 56.2 Å². The van der Waals surface area contributed by atoms with Gasteiger partial charge in [0.05, 0.1) is 31.5 Å². The molecule has 3 heterocycles. The number of cyclic esters (lactones) is 1. The van der Waals surface area contributed by atoms with Crippen LogP contribution in [-0.4, -0.2) is 92.4 Å². The molecule has 2 unspecified atom stereocenters. The van der Waals surface area contributed by atoms with E-state index in [4.69, 9.17) is 4.74 Å². The van der Waals surface area contributed by atoms with Crippen molar-refractivity contribution < 1.29 is 41.8 Å². The van der Waals surface area contributed by atoms with E-state index in [0.29, 0.717) is 0 Å². The molecule has 1 aromatic heterocycles. The van der Waals surface area contributed by atoms with E-state index >= 15 is 8.78 Å². The normalized spacial score (nSPS) is 17.8. The molecule has 2 aliphatic heterocycles. The lowest BCUT2D eigenvalue weighted by Gasteiger charge is -2.37. The van der Waals surface area contributed by atoms with Gasteiger partial charge >= 0.3 is 12.2 Å². The summed E-state index contributed by atoms with van der Waals surface area (Å²) in [5.74, 6) is -3.99. The van der Waals surface area contributed by atoms with Gasteiger partial charge in [0.1, 0.15) is 17.8 Å². The average Bonchev–Trinajstić information content (AvgIpc) is 3.31. The minimum Gasteiger partial charge on any atom is -0.453 e. The highest BCUT2D eigenvalue weighted by Gasteiger charge is 2.35. The Kier molecular flexibility index (Phi) is 8.60. The topological polar surface area (TPSA) is 133 Å². The van der Waals surface area contributed by atoms with Crippen molar-refractivity contribution in [3.8, 4) is 0 Å². The fraction of sp³-hybridized carbons (Fsp3) is 0.400. The molecule has 2 aliphatic rings. The minimum atomic E-state index is -0.974. The first-order chi connectivity index (χ1) is 19.1. The lowest BCUT2D eigenvalue weighted by molar-refractivity contribution is -0.133. The summed E-state index contributed by atoms with van der Waals surface area (Å²) < 4.78 is 53.5. The third-order valence-corrected chi connectivity index (χ3v) is 6.48. The second-order valence-corrected chi connectivity index (χ2v) is 9.10. The predicted molar refractivity (Wildman–Crippen MR) is 134 cm³/mol. The largest absolute Gasteiger partial charge is 0.453 e. The maximum Gasteiger partial charge on any atom is 0.414 e. The molecular weight excluding hydrogens is 537 g/mol. The molecule has 4 amide bonds. The second-order valence-electron chi connectivity index (χ2n) is 9.10. The zero-order valence-corrected chi connectivity index (χ0v) is 21.7. The maximum absolute atomic E-state index is 15.1. The number of carbonyl (C=O) groups is 4. The number of hydrogen-bond acceptors (Lipinski definition) is 8. The van der Waals surface area contributed by atoms with Crippen molar-refractivity contribution in [2.45, 2.75) is 19.1 Å². The van der Waals surface area contributed by atoms with Gasteiger partial charge in [0.25, 0.3) is 5.91 Å². The van der Waals surface area contributed by atoms with Gasteiger partial charge in [-0.05, 0) is 19.1 Å². The summed E-state index contributed by atoms with van der Waals surface area (Å²) >= 11 is 0. The number of hydrogen-bond donors (Lipinski definition) is 2. The third kappa shape index (κ3) is 6.18. The van der Waals surface area contributed by atoms with Gasteiger partial charge in [0, 0.05) is 44.5 Å². The van der Waals surface area contributed by atoms with Crippen LogP contribution >= 0.6 is 0 Å². The summed E-state index contributed by atoms with van der Waals surface area (Å²) in [6.45, 7) is 1.82. The van der Waals surface area contributed by atoms with Gasteiger partial charge in [-0.25, -0.2) is 23.4 Å². The molecule has 2 atom stereocenters. The van der Waals surface area contributed by atoms with Gasteiger partial charge in [0.15, 0.2) is 11.6 Å². The van der Waals surface area contributed by atoms with E-state index < -0.39 is 53.7 Å². The average molecular weight is 565 g/mol. The quantitative estimate of drug-likeness (QED) is 0.485. The van der Waals surface area contributed by atoms with Crippen molar-refractivity contribution in [2.24, 2.45) is 0 Å². The standard InChI is InChI=1S/C25H27F3N6O6/c1-14(31-22(35)17-4-3-5-29-21(17)28)23(36)33-8-6-32(7-9-33)20-18(26)10-15(11-19(20)27)34-13-16(40-25(34)38)12-30-24(37)39-2/h3-5,10-11,14,16H,6-9,12-13H2,1-2H3,(H,30,37)(H,31,35). The first kappa shape index (κ1) is 28.4. The fourth-order valence-electron chi connectivity index (χ4n) is 4.43. The molecule has 15 heteroatoms. The number of methoxy groups -OCH3 is 1. The predicted octanol–water partition coefficient (Wildman–Crippen LogP) is 1.65. The Labute approximate surface area is 227 Å². The van der Waals surface area contributed by atoms with Gasteiger partial charge in [0.2, 0.25) is 11.9 Å². The molecule has 1 aromatic carbocycles. The summed E-state index contributed by atoms with van der Waals surface area (Å²) in [4.78, 5) is 56.0. The van der Waals surface area contributed by atoms with Crippen LogP contribution in [0.25, 0.3) is 0 Å². The number of nitrogens with zero attached hydrogens (tertiary/aromatic N) is 4. The summed E-state index contributed by atoms with van der Waals surface area (Å²) in [5, 5.41) is 4.83. The zero-order chi connectivity index (χ0) is 29.0. The van der Waals surface area contributed by atoms with Crippen molar-refractivity contribution in [3.63, 3.8) is 0 Å². The number of carbonyl (C=O) groups excluding carboxylic acids is 4. The Morgan fingerprint density at radius 3 is 2.45 bits per heavy atom. The second kappa shape index (κ2) is 12.1. The number of pyridine rings is 1. The lowest BCUT2D eigenvalue weighted by atomic mass is 10.1. The highest BCUT2D eigenvalue weighted by atomic mass is 19.1. The number of halogens is 3. The van der Waals surface area contributed by atoms with Crippen LogP contribution in [0.4, 0.5) is 34.1 Å². The van der Waals surface area contributed by atoms with Crippen molar-refractivity contribution in [1.82, 2.24) is 20.5 Å². The van der Waals surface area contributed by atoms with E-state index in [1.54, 1.807) is 0 Å². The Hall–Kier alpha value is -4.56. The molecule has 0 radical (unpaired) electrons. The highest BCUT2D eigenvalue weighted by molar-refractivity contribution is 5.97. The molecule has 0 spiro atoms. The number of nitrogens with one attached hydrogen (secondary N) is 2. The number of alkyl carbamates (subject to hydrolysis) is 1. The number of benzene rings is 1. The molecule has 2 aromatic rings. The summed E-state index contributed by atoms with van der Waals surface area (Å²) in [7, 11) is 1.18. The van der Waals surface area contributed by atoms with Crippen LogP contribution < -0.4 is 20.4 Å². The Morgan fingerprint density at radius 1 is 1.15 bits per heavy atom. The van der Waals surface area contributed by atoms with Crippen molar-refractivity contribution in [1.29, 1.82) is 0 Å². The van der Waals surface area contributed by atoms with Gasteiger partial charge in [-0.1, -0.05) is 0 Å². The van der Waals surface area contributed by atoms with Gasteiger partial charge in [-0.15, -0.1) is 0 Å². The smallest absolute Gasteiger partial charge is 0.414 e. The van der Waals surface area contributed by atoms with Crippen molar-refractivity contribution in [2.75, 3.05) is 56.2 Å². The first-order valence-corrected chi connectivity index (χ1v) is 12.3. The van der Waals surface area contributed by atoms with Crippen LogP contribution in [0.3, 0.4) is 0 Å². The van der Waals surface area contributed by atoms with E-state index in [0.717, 1.165) is 17.0 Å². The van der Waals surface area contributed by atoms with Crippen LogP contribution in [0, 0.1) is 17.6 Å². The molecule has 12 nitrogen and oxygen atoms in total. The number of rotatable bonds is 7. The fourth-order valence-corrected chi connectivity index (χ4v) is 4.43.